The molecule has 0 fully saturated rings. The average Bonchev–Trinajstić information content (AvgIpc) is 2.42. The molecule has 0 unspecified atom stereocenters. The van der Waals surface area contributed by atoms with Crippen LogP contribution in [0.1, 0.15) is 30.9 Å². The Hall–Kier alpha value is -1.86. The van der Waals surface area contributed by atoms with Gasteiger partial charge in [0.25, 0.3) is 0 Å². The first-order valence-corrected chi connectivity index (χ1v) is 6.97. The highest BCUT2D eigenvalue weighted by atomic mass is 79.9. The van der Waals surface area contributed by atoms with E-state index in [1.807, 2.05) is 32.0 Å². The van der Waals surface area contributed by atoms with E-state index < -0.39 is 5.82 Å². The van der Waals surface area contributed by atoms with Crippen molar-refractivity contribution in [3.8, 4) is 17.6 Å². The van der Waals surface area contributed by atoms with E-state index >= 15 is 0 Å². The number of hydrogen-bond donors (Lipinski definition) is 0. The quantitative estimate of drug-likeness (QED) is 0.755. The highest BCUT2D eigenvalue weighted by Crippen LogP contribution is 2.33. The fraction of sp³-hybridized carbons (Fsp3) is 0.188. The molecule has 2 aromatic rings. The predicted octanol–water partition coefficient (Wildman–Crippen LogP) is 5.38. The first-order valence-electron chi connectivity index (χ1n) is 6.18. The number of hydrogen-bond acceptors (Lipinski definition) is 2. The molecule has 20 heavy (non-hydrogen) atoms. The molecule has 0 aliphatic carbocycles. The minimum atomic E-state index is -0.540. The number of ether oxygens (including phenoxy) is 1. The molecule has 0 spiro atoms. The molecule has 2 nitrogen and oxygen atoms in total. The lowest BCUT2D eigenvalue weighted by atomic mass is 10.0. The Morgan fingerprint density at radius 3 is 2.45 bits per heavy atom. The summed E-state index contributed by atoms with van der Waals surface area (Å²) in [4.78, 5) is 0. The fourth-order valence-electron chi connectivity index (χ4n) is 1.84. The summed E-state index contributed by atoms with van der Waals surface area (Å²) in [5.41, 5.74) is 1.26. The topological polar surface area (TPSA) is 33.0 Å². The Labute approximate surface area is 125 Å². The van der Waals surface area contributed by atoms with Crippen molar-refractivity contribution in [3.05, 3.63) is 57.8 Å². The van der Waals surface area contributed by atoms with Crippen LogP contribution < -0.4 is 4.74 Å². The second-order valence-corrected chi connectivity index (χ2v) is 5.61. The SMILES string of the molecule is CC(C)c1cc(Br)ccc1Oc1ccc(C#N)cc1F. The van der Waals surface area contributed by atoms with Crippen LogP contribution in [0.5, 0.6) is 11.5 Å². The van der Waals surface area contributed by atoms with Gasteiger partial charge in [-0.25, -0.2) is 4.39 Å². The summed E-state index contributed by atoms with van der Waals surface area (Å²) in [6.07, 6.45) is 0. The lowest BCUT2D eigenvalue weighted by molar-refractivity contribution is 0.435. The van der Waals surface area contributed by atoms with Crippen LogP contribution in [0, 0.1) is 17.1 Å². The van der Waals surface area contributed by atoms with Crippen LogP contribution in [0.25, 0.3) is 0 Å². The molecule has 0 aliphatic rings. The summed E-state index contributed by atoms with van der Waals surface area (Å²) >= 11 is 3.42. The number of nitrogens with zero attached hydrogens (tertiary/aromatic N) is 1. The summed E-state index contributed by atoms with van der Waals surface area (Å²) in [5, 5.41) is 8.73. The molecule has 102 valence electrons. The van der Waals surface area contributed by atoms with Gasteiger partial charge in [0.15, 0.2) is 11.6 Å². The van der Waals surface area contributed by atoms with E-state index in [1.165, 1.54) is 18.2 Å². The van der Waals surface area contributed by atoms with Crippen molar-refractivity contribution < 1.29 is 9.13 Å². The maximum absolute atomic E-state index is 13.8. The van der Waals surface area contributed by atoms with Crippen LogP contribution >= 0.6 is 15.9 Å². The number of benzene rings is 2. The van der Waals surface area contributed by atoms with Crippen LogP contribution in [0.15, 0.2) is 40.9 Å². The summed E-state index contributed by atoms with van der Waals surface area (Å²) < 4.78 is 20.5. The molecular weight excluding hydrogens is 321 g/mol. The van der Waals surface area contributed by atoms with Crippen molar-refractivity contribution in [3.63, 3.8) is 0 Å². The molecule has 0 aliphatic heterocycles. The number of nitriles is 1. The second-order valence-electron chi connectivity index (χ2n) is 4.70. The third-order valence-electron chi connectivity index (χ3n) is 2.87. The molecule has 4 heteroatoms. The third-order valence-corrected chi connectivity index (χ3v) is 3.37. The van der Waals surface area contributed by atoms with Crippen LogP contribution in [0.2, 0.25) is 0 Å². The minimum absolute atomic E-state index is 0.119. The van der Waals surface area contributed by atoms with E-state index in [9.17, 15) is 4.39 Å². The van der Waals surface area contributed by atoms with Crippen LogP contribution in [0.4, 0.5) is 4.39 Å². The molecule has 2 rings (SSSR count). The zero-order chi connectivity index (χ0) is 14.7. The van der Waals surface area contributed by atoms with E-state index in [1.54, 1.807) is 6.07 Å². The van der Waals surface area contributed by atoms with E-state index in [0.29, 0.717) is 5.75 Å². The Bertz CT molecular complexity index is 677. The Kier molecular flexibility index (Phi) is 4.41. The summed E-state index contributed by atoms with van der Waals surface area (Å²) in [7, 11) is 0. The lowest BCUT2D eigenvalue weighted by Crippen LogP contribution is -1.96. The van der Waals surface area contributed by atoms with Gasteiger partial charge >= 0.3 is 0 Å². The molecule has 0 amide bonds. The van der Waals surface area contributed by atoms with Gasteiger partial charge < -0.3 is 4.74 Å². The molecule has 0 aromatic heterocycles. The van der Waals surface area contributed by atoms with Gasteiger partial charge in [-0.2, -0.15) is 5.26 Å². The van der Waals surface area contributed by atoms with Crippen molar-refractivity contribution in [2.45, 2.75) is 19.8 Å². The average molecular weight is 334 g/mol. The molecule has 0 saturated heterocycles. The second kappa shape index (κ2) is 6.06. The standard InChI is InChI=1S/C16H13BrFNO/c1-10(2)13-8-12(17)4-6-15(13)20-16-5-3-11(9-19)7-14(16)18/h3-8,10H,1-2H3. The third kappa shape index (κ3) is 3.17. The van der Waals surface area contributed by atoms with Crippen molar-refractivity contribution >= 4 is 15.9 Å². The molecule has 0 atom stereocenters. The number of halogens is 2. The van der Waals surface area contributed by atoms with E-state index in [-0.39, 0.29) is 17.2 Å². The monoisotopic (exact) mass is 333 g/mol. The Balaban J connectivity index is 2.38. The zero-order valence-electron chi connectivity index (χ0n) is 11.2. The summed E-state index contributed by atoms with van der Waals surface area (Å²) in [6.45, 7) is 4.09. The summed E-state index contributed by atoms with van der Waals surface area (Å²) in [6, 6.07) is 11.7. The van der Waals surface area contributed by atoms with Crippen molar-refractivity contribution in [2.75, 3.05) is 0 Å². The van der Waals surface area contributed by atoms with Crippen LogP contribution in [0.3, 0.4) is 0 Å². The van der Waals surface area contributed by atoms with Gasteiger partial charge in [-0.15, -0.1) is 0 Å². The van der Waals surface area contributed by atoms with Crippen molar-refractivity contribution in [2.24, 2.45) is 0 Å². The molecule has 0 radical (unpaired) electrons. The maximum atomic E-state index is 13.8. The van der Waals surface area contributed by atoms with E-state index in [2.05, 4.69) is 15.9 Å². The normalized spacial score (nSPS) is 10.4. The van der Waals surface area contributed by atoms with Gasteiger partial charge in [0.1, 0.15) is 5.75 Å². The van der Waals surface area contributed by atoms with Gasteiger partial charge in [0, 0.05) is 4.47 Å². The summed E-state index contributed by atoms with van der Waals surface area (Å²) in [5.74, 6) is 0.450. The van der Waals surface area contributed by atoms with Crippen molar-refractivity contribution in [1.82, 2.24) is 0 Å². The molecule has 0 bridgehead atoms. The Morgan fingerprint density at radius 2 is 1.85 bits per heavy atom. The molecule has 0 saturated carbocycles. The highest BCUT2D eigenvalue weighted by Gasteiger charge is 2.12. The van der Waals surface area contributed by atoms with Gasteiger partial charge in [0.05, 0.1) is 11.6 Å². The molecule has 0 heterocycles. The molecule has 0 N–H and O–H groups in total. The zero-order valence-corrected chi connectivity index (χ0v) is 12.7. The first-order chi connectivity index (χ1) is 9.51. The van der Waals surface area contributed by atoms with Crippen molar-refractivity contribution in [1.29, 1.82) is 5.26 Å². The van der Waals surface area contributed by atoms with Gasteiger partial charge in [-0.3, -0.25) is 0 Å². The highest BCUT2D eigenvalue weighted by molar-refractivity contribution is 9.10. The first kappa shape index (κ1) is 14.5. The van der Waals surface area contributed by atoms with Gasteiger partial charge in [0.2, 0.25) is 0 Å². The largest absolute Gasteiger partial charge is 0.454 e. The molecule has 2 aromatic carbocycles. The van der Waals surface area contributed by atoms with E-state index in [4.69, 9.17) is 10.00 Å². The fourth-order valence-corrected chi connectivity index (χ4v) is 2.21. The van der Waals surface area contributed by atoms with Gasteiger partial charge in [-0.1, -0.05) is 29.8 Å². The van der Waals surface area contributed by atoms with E-state index in [0.717, 1.165) is 10.0 Å². The Morgan fingerprint density at radius 1 is 1.15 bits per heavy atom. The van der Waals surface area contributed by atoms with Crippen LogP contribution in [-0.2, 0) is 0 Å². The maximum Gasteiger partial charge on any atom is 0.167 e. The predicted molar refractivity (Wildman–Crippen MR) is 79.4 cm³/mol. The van der Waals surface area contributed by atoms with Crippen LogP contribution in [-0.4, -0.2) is 0 Å². The van der Waals surface area contributed by atoms with Gasteiger partial charge in [-0.05, 0) is 47.9 Å². The minimum Gasteiger partial charge on any atom is -0.454 e. The lowest BCUT2D eigenvalue weighted by Gasteiger charge is -2.14. The molecular formula is C16H13BrFNO. The smallest absolute Gasteiger partial charge is 0.167 e. The number of rotatable bonds is 3.